The monoisotopic (exact) mass is 554 g/mol. The molecule has 39 heavy (non-hydrogen) atoms. The largest absolute Gasteiger partial charge is 0.487 e. The third kappa shape index (κ3) is 5.92. The quantitative estimate of drug-likeness (QED) is 0.365. The van der Waals surface area contributed by atoms with E-state index in [1.54, 1.807) is 6.92 Å². The summed E-state index contributed by atoms with van der Waals surface area (Å²) < 4.78 is 86.9. The summed E-state index contributed by atoms with van der Waals surface area (Å²) in [6.45, 7) is 1.74. The minimum absolute atomic E-state index is 0.0638. The summed E-state index contributed by atoms with van der Waals surface area (Å²) in [5.74, 6) is -0.500. The molecule has 1 spiro atoms. The van der Waals surface area contributed by atoms with E-state index in [1.807, 2.05) is 18.2 Å². The molecule has 0 amide bonds. The van der Waals surface area contributed by atoms with Crippen molar-refractivity contribution in [1.29, 1.82) is 0 Å². The Hall–Kier alpha value is -2.71. The van der Waals surface area contributed by atoms with Crippen molar-refractivity contribution >= 4 is 5.97 Å². The average Bonchev–Trinajstić information content (AvgIpc) is 3.69. The molecule has 5 rings (SSSR count). The van der Waals surface area contributed by atoms with Gasteiger partial charge < -0.3 is 9.84 Å². The Kier molecular flexibility index (Phi) is 7.17. The number of benzene rings is 2. The van der Waals surface area contributed by atoms with Crippen LogP contribution in [0.2, 0.25) is 0 Å². The molecular formula is C30H32F6O3. The third-order valence-electron chi connectivity index (χ3n) is 8.97. The Labute approximate surface area is 223 Å². The number of hydrogen-bond donors (Lipinski definition) is 1. The second kappa shape index (κ2) is 10.0. The van der Waals surface area contributed by atoms with Crippen molar-refractivity contribution in [3.05, 3.63) is 64.2 Å². The molecule has 3 aliphatic rings. The van der Waals surface area contributed by atoms with Gasteiger partial charge in [0.15, 0.2) is 0 Å². The van der Waals surface area contributed by atoms with Crippen molar-refractivity contribution in [2.45, 2.75) is 88.6 Å². The predicted molar refractivity (Wildman–Crippen MR) is 132 cm³/mol. The molecule has 2 aromatic rings. The Morgan fingerprint density at radius 1 is 0.974 bits per heavy atom. The van der Waals surface area contributed by atoms with E-state index < -0.39 is 41.0 Å². The van der Waals surface area contributed by atoms with Gasteiger partial charge in [0.05, 0.1) is 17.0 Å². The maximum absolute atomic E-state index is 13.6. The first-order valence-electron chi connectivity index (χ1n) is 13.6. The lowest BCUT2D eigenvalue weighted by Crippen LogP contribution is -2.43. The van der Waals surface area contributed by atoms with Crippen molar-refractivity contribution in [2.75, 3.05) is 0 Å². The Balaban J connectivity index is 1.30. The molecule has 0 aromatic heterocycles. The van der Waals surface area contributed by atoms with Gasteiger partial charge in [-0.2, -0.15) is 26.3 Å². The number of hydrogen-bond acceptors (Lipinski definition) is 2. The van der Waals surface area contributed by atoms with Gasteiger partial charge in [-0.1, -0.05) is 19.1 Å². The van der Waals surface area contributed by atoms with Crippen LogP contribution >= 0.6 is 0 Å². The molecule has 0 saturated heterocycles. The fourth-order valence-corrected chi connectivity index (χ4v) is 6.59. The van der Waals surface area contributed by atoms with E-state index in [2.05, 4.69) is 0 Å². The molecule has 1 heterocycles. The molecule has 0 unspecified atom stereocenters. The highest BCUT2D eigenvalue weighted by molar-refractivity contribution is 5.71. The lowest BCUT2D eigenvalue weighted by atomic mass is 9.72. The first-order valence-corrected chi connectivity index (χ1v) is 13.6. The number of carboxylic acids is 1. The summed E-state index contributed by atoms with van der Waals surface area (Å²) in [6, 6.07) is 7.68. The maximum Gasteiger partial charge on any atom is 0.416 e. The summed E-state index contributed by atoms with van der Waals surface area (Å²) in [5.41, 5.74) is -0.828. The van der Waals surface area contributed by atoms with Gasteiger partial charge in [0, 0.05) is 0 Å². The summed E-state index contributed by atoms with van der Waals surface area (Å²) in [6.07, 6.45) is -3.59. The summed E-state index contributed by atoms with van der Waals surface area (Å²) >= 11 is 0. The summed E-state index contributed by atoms with van der Waals surface area (Å²) in [5, 5.41) is 9.63. The number of aryl methyl sites for hydroxylation is 1. The van der Waals surface area contributed by atoms with E-state index >= 15 is 0 Å². The van der Waals surface area contributed by atoms with Crippen molar-refractivity contribution in [3.63, 3.8) is 0 Å². The molecule has 2 aromatic carbocycles. The van der Waals surface area contributed by atoms with E-state index in [4.69, 9.17) is 4.74 Å². The second-order valence-corrected chi connectivity index (χ2v) is 11.7. The topological polar surface area (TPSA) is 46.5 Å². The number of fused-ring (bicyclic) bond motifs is 1. The molecule has 2 saturated carbocycles. The van der Waals surface area contributed by atoms with Crippen LogP contribution in [0.3, 0.4) is 0 Å². The van der Waals surface area contributed by atoms with E-state index in [0.29, 0.717) is 49.8 Å². The molecule has 9 heteroatoms. The highest BCUT2D eigenvalue weighted by Crippen LogP contribution is 2.50. The van der Waals surface area contributed by atoms with Gasteiger partial charge in [-0.3, -0.25) is 4.79 Å². The van der Waals surface area contributed by atoms with Crippen LogP contribution in [0.4, 0.5) is 26.3 Å². The molecule has 212 valence electrons. The van der Waals surface area contributed by atoms with Crippen LogP contribution in [0.5, 0.6) is 5.75 Å². The smallest absolute Gasteiger partial charge is 0.416 e. The van der Waals surface area contributed by atoms with Crippen LogP contribution in [-0.2, 0) is 30.0 Å². The highest BCUT2D eigenvalue weighted by Gasteiger charge is 2.43. The predicted octanol–water partition coefficient (Wildman–Crippen LogP) is 8.44. The zero-order chi connectivity index (χ0) is 28.2. The minimum atomic E-state index is -4.72. The number of carboxylic acid groups (broad SMARTS) is 1. The summed E-state index contributed by atoms with van der Waals surface area (Å²) in [4.78, 5) is 11.7. The SMILES string of the molecule is C[C@H](C(=O)O)[C@H](c1ccc2c(c1)OC1(CC2)CCC(Cc2cc(C(F)(F)F)ccc2C(F)(F)F)CC1)C1CC1. The average molecular weight is 555 g/mol. The fraction of sp³-hybridized carbons (Fsp3) is 0.567. The van der Waals surface area contributed by atoms with E-state index in [9.17, 15) is 36.2 Å². The first-order chi connectivity index (χ1) is 18.3. The van der Waals surface area contributed by atoms with Gasteiger partial charge in [0.1, 0.15) is 11.4 Å². The maximum atomic E-state index is 13.6. The molecule has 0 radical (unpaired) electrons. The third-order valence-corrected chi connectivity index (χ3v) is 8.97. The molecule has 2 atom stereocenters. The van der Waals surface area contributed by atoms with E-state index in [1.165, 1.54) is 0 Å². The van der Waals surface area contributed by atoms with Crippen molar-refractivity contribution in [3.8, 4) is 5.75 Å². The van der Waals surface area contributed by atoms with E-state index in [-0.39, 0.29) is 23.8 Å². The number of carbonyl (C=O) groups is 1. The Morgan fingerprint density at radius 3 is 2.26 bits per heavy atom. The number of ether oxygens (including phenoxy) is 1. The van der Waals surface area contributed by atoms with Crippen LogP contribution in [0.25, 0.3) is 0 Å². The molecule has 2 aliphatic carbocycles. The summed E-state index contributed by atoms with van der Waals surface area (Å²) in [7, 11) is 0. The molecule has 2 fully saturated rings. The Bertz CT molecular complexity index is 1220. The Morgan fingerprint density at radius 2 is 1.67 bits per heavy atom. The van der Waals surface area contributed by atoms with Crippen LogP contribution in [-0.4, -0.2) is 16.7 Å². The molecular weight excluding hydrogens is 522 g/mol. The zero-order valence-corrected chi connectivity index (χ0v) is 21.7. The number of alkyl halides is 6. The van der Waals surface area contributed by atoms with Gasteiger partial charge in [-0.05, 0) is 116 Å². The molecule has 1 N–H and O–H groups in total. The van der Waals surface area contributed by atoms with Gasteiger partial charge in [0.25, 0.3) is 0 Å². The second-order valence-electron chi connectivity index (χ2n) is 11.7. The zero-order valence-electron chi connectivity index (χ0n) is 21.7. The minimum Gasteiger partial charge on any atom is -0.487 e. The molecule has 1 aliphatic heterocycles. The molecule has 0 bridgehead atoms. The van der Waals surface area contributed by atoms with Crippen LogP contribution in [0, 0.1) is 17.8 Å². The van der Waals surface area contributed by atoms with Crippen molar-refractivity contribution in [1.82, 2.24) is 0 Å². The number of halogens is 6. The highest BCUT2D eigenvalue weighted by atomic mass is 19.4. The number of rotatable bonds is 6. The van der Waals surface area contributed by atoms with Gasteiger partial charge in [-0.25, -0.2) is 0 Å². The van der Waals surface area contributed by atoms with Gasteiger partial charge >= 0.3 is 18.3 Å². The van der Waals surface area contributed by atoms with Crippen LogP contribution < -0.4 is 4.74 Å². The standard InChI is InChI=1S/C30H32F6O3/c1-17(27(37)38)26(20-3-4-20)21-5-2-19-10-13-28(39-25(19)16-21)11-8-18(9-12-28)14-22-15-23(29(31,32)33)6-7-24(22)30(34,35)36/h2,5-7,15-18,20,26H,3-4,8-14H2,1H3,(H,37,38)/t17-,18?,26-,28?/m0/s1. The van der Waals surface area contributed by atoms with Gasteiger partial charge in [-0.15, -0.1) is 0 Å². The number of aliphatic carboxylic acids is 1. The fourth-order valence-electron chi connectivity index (χ4n) is 6.59. The lowest BCUT2D eigenvalue weighted by molar-refractivity contribution is -0.142. The van der Waals surface area contributed by atoms with Crippen molar-refractivity contribution in [2.24, 2.45) is 17.8 Å². The van der Waals surface area contributed by atoms with E-state index in [0.717, 1.165) is 42.6 Å². The van der Waals surface area contributed by atoms with Crippen molar-refractivity contribution < 1.29 is 41.0 Å². The first kappa shape index (κ1) is 27.8. The van der Waals surface area contributed by atoms with Crippen LogP contribution in [0.15, 0.2) is 36.4 Å². The molecule has 3 nitrogen and oxygen atoms in total. The van der Waals surface area contributed by atoms with Crippen LogP contribution in [0.1, 0.15) is 85.6 Å². The normalized spacial score (nSPS) is 25.1. The lowest BCUT2D eigenvalue weighted by Gasteiger charge is -2.44. The van der Waals surface area contributed by atoms with Gasteiger partial charge in [0.2, 0.25) is 0 Å².